The topological polar surface area (TPSA) is 60.8 Å². The van der Waals surface area contributed by atoms with Crippen LogP contribution in [0.5, 0.6) is 0 Å². The van der Waals surface area contributed by atoms with Crippen LogP contribution in [-0.4, -0.2) is 53.0 Å². The van der Waals surface area contributed by atoms with Crippen molar-refractivity contribution in [3.8, 4) is 0 Å². The highest BCUT2D eigenvalue weighted by Gasteiger charge is 2.42. The highest BCUT2D eigenvalue weighted by Crippen LogP contribution is 2.34. The molecule has 0 aliphatic carbocycles. The number of alkyl halides is 3. The van der Waals surface area contributed by atoms with Crippen LogP contribution >= 0.6 is 0 Å². The Bertz CT molecular complexity index is 331. The Hall–Kier alpha value is -0.820. The Morgan fingerprint density at radius 2 is 2.00 bits per heavy atom. The molecule has 0 bridgehead atoms. The summed E-state index contributed by atoms with van der Waals surface area (Å²) in [7, 11) is 0. The number of carboxylic acid groups (broad SMARTS) is 1. The second kappa shape index (κ2) is 5.66. The van der Waals surface area contributed by atoms with Crippen LogP contribution in [0.3, 0.4) is 0 Å². The summed E-state index contributed by atoms with van der Waals surface area (Å²) in [6, 6.07) is 0. The van der Waals surface area contributed by atoms with Gasteiger partial charge in [-0.25, -0.2) is 0 Å². The predicted molar refractivity (Wildman–Crippen MR) is 62.6 cm³/mol. The molecule has 112 valence electrons. The quantitative estimate of drug-likeness (QED) is 0.825. The molecule has 2 unspecified atom stereocenters. The highest BCUT2D eigenvalue weighted by atomic mass is 19.4. The molecule has 1 saturated heterocycles. The van der Waals surface area contributed by atoms with E-state index in [-0.39, 0.29) is 12.5 Å². The maximum absolute atomic E-state index is 12.3. The van der Waals surface area contributed by atoms with Gasteiger partial charge in [0, 0.05) is 13.1 Å². The largest absolute Gasteiger partial charge is 0.481 e. The summed E-state index contributed by atoms with van der Waals surface area (Å²) in [5.74, 6) is -1.16. The molecule has 4 nitrogen and oxygen atoms in total. The lowest BCUT2D eigenvalue weighted by Crippen LogP contribution is -2.49. The number of carboxylic acids is 1. The SMILES string of the molecule is CC(C)(C(=O)O)C1CCCN(CC(O)C(F)(F)F)C1. The summed E-state index contributed by atoms with van der Waals surface area (Å²) >= 11 is 0. The van der Waals surface area contributed by atoms with Gasteiger partial charge in [-0.05, 0) is 39.2 Å². The Morgan fingerprint density at radius 1 is 1.42 bits per heavy atom. The number of hydrogen-bond acceptors (Lipinski definition) is 3. The molecule has 0 amide bonds. The van der Waals surface area contributed by atoms with Crippen molar-refractivity contribution in [2.75, 3.05) is 19.6 Å². The first kappa shape index (κ1) is 16.2. The number of likely N-dealkylation sites (tertiary alicyclic amines) is 1. The monoisotopic (exact) mass is 283 g/mol. The van der Waals surface area contributed by atoms with Gasteiger partial charge in [-0.15, -0.1) is 0 Å². The lowest BCUT2D eigenvalue weighted by atomic mass is 9.74. The minimum Gasteiger partial charge on any atom is -0.481 e. The number of aliphatic hydroxyl groups is 1. The van der Waals surface area contributed by atoms with Gasteiger partial charge >= 0.3 is 12.1 Å². The first-order chi connectivity index (χ1) is 8.55. The molecule has 19 heavy (non-hydrogen) atoms. The molecule has 0 spiro atoms. The summed E-state index contributed by atoms with van der Waals surface area (Å²) in [5, 5.41) is 18.2. The molecule has 1 aliphatic rings. The molecule has 0 radical (unpaired) electrons. The molecule has 0 aromatic rings. The van der Waals surface area contributed by atoms with Crippen LogP contribution < -0.4 is 0 Å². The van der Waals surface area contributed by atoms with Crippen molar-refractivity contribution >= 4 is 5.97 Å². The minimum atomic E-state index is -4.63. The molecule has 2 atom stereocenters. The molecule has 1 rings (SSSR count). The molecule has 0 aromatic carbocycles. The Kier molecular flexibility index (Phi) is 4.84. The van der Waals surface area contributed by atoms with Crippen molar-refractivity contribution in [2.24, 2.45) is 11.3 Å². The van der Waals surface area contributed by atoms with E-state index in [1.807, 2.05) is 0 Å². The van der Waals surface area contributed by atoms with Crippen molar-refractivity contribution < 1.29 is 28.2 Å². The smallest absolute Gasteiger partial charge is 0.415 e. The van der Waals surface area contributed by atoms with Crippen LogP contribution in [0.25, 0.3) is 0 Å². The zero-order valence-electron chi connectivity index (χ0n) is 11.1. The van der Waals surface area contributed by atoms with Gasteiger partial charge < -0.3 is 15.1 Å². The number of halogens is 3. The third kappa shape index (κ3) is 4.07. The molecular formula is C12H20F3NO3. The zero-order chi connectivity index (χ0) is 14.8. The van der Waals surface area contributed by atoms with Gasteiger partial charge in [0.05, 0.1) is 5.41 Å². The number of aliphatic hydroxyl groups excluding tert-OH is 1. The number of β-amino-alcohol motifs (C(OH)–C–C–N with tert-alkyl or cyclic N) is 1. The Balaban J connectivity index is 2.63. The summed E-state index contributed by atoms with van der Waals surface area (Å²) in [4.78, 5) is 12.7. The average molecular weight is 283 g/mol. The van der Waals surface area contributed by atoms with Gasteiger partial charge in [-0.2, -0.15) is 13.2 Å². The number of hydrogen-bond donors (Lipinski definition) is 2. The Morgan fingerprint density at radius 3 is 2.47 bits per heavy atom. The van der Waals surface area contributed by atoms with E-state index >= 15 is 0 Å². The van der Waals surface area contributed by atoms with E-state index in [4.69, 9.17) is 10.2 Å². The summed E-state index contributed by atoms with van der Waals surface area (Å²) in [5.41, 5.74) is -0.970. The zero-order valence-corrected chi connectivity index (χ0v) is 11.1. The van der Waals surface area contributed by atoms with E-state index in [2.05, 4.69) is 0 Å². The van der Waals surface area contributed by atoms with E-state index in [0.29, 0.717) is 19.4 Å². The van der Waals surface area contributed by atoms with E-state index in [1.54, 1.807) is 13.8 Å². The lowest BCUT2D eigenvalue weighted by Gasteiger charge is -2.39. The van der Waals surface area contributed by atoms with Crippen molar-refractivity contribution in [1.29, 1.82) is 0 Å². The van der Waals surface area contributed by atoms with E-state index in [0.717, 1.165) is 0 Å². The maximum atomic E-state index is 12.3. The standard InChI is InChI=1S/C12H20F3NO3/c1-11(2,10(18)19)8-4-3-5-16(6-8)7-9(17)12(13,14)15/h8-9,17H,3-7H2,1-2H3,(H,18,19). The van der Waals surface area contributed by atoms with Crippen molar-refractivity contribution in [3.05, 3.63) is 0 Å². The molecule has 1 fully saturated rings. The fourth-order valence-corrected chi connectivity index (χ4v) is 2.33. The number of nitrogens with zero attached hydrogens (tertiary/aromatic N) is 1. The lowest BCUT2D eigenvalue weighted by molar-refractivity contribution is -0.209. The summed E-state index contributed by atoms with van der Waals surface area (Å²) in [6.07, 6.45) is -5.68. The van der Waals surface area contributed by atoms with Crippen molar-refractivity contribution in [2.45, 2.75) is 39.0 Å². The minimum absolute atomic E-state index is 0.209. The number of rotatable bonds is 4. The molecule has 0 aromatic heterocycles. The molecule has 1 heterocycles. The first-order valence-electron chi connectivity index (χ1n) is 6.25. The van der Waals surface area contributed by atoms with Gasteiger partial charge in [-0.1, -0.05) is 0 Å². The predicted octanol–water partition coefficient (Wildman–Crippen LogP) is 1.73. The van der Waals surface area contributed by atoms with Crippen LogP contribution in [0.2, 0.25) is 0 Å². The van der Waals surface area contributed by atoms with E-state index in [1.165, 1.54) is 4.90 Å². The fourth-order valence-electron chi connectivity index (χ4n) is 2.33. The maximum Gasteiger partial charge on any atom is 0.415 e. The van der Waals surface area contributed by atoms with Crippen LogP contribution in [0.1, 0.15) is 26.7 Å². The number of piperidine rings is 1. The molecule has 7 heteroatoms. The average Bonchev–Trinajstić information content (AvgIpc) is 2.27. The third-order valence-corrected chi connectivity index (χ3v) is 3.89. The molecule has 2 N–H and O–H groups in total. The molecule has 0 saturated carbocycles. The van der Waals surface area contributed by atoms with Crippen LogP contribution in [0, 0.1) is 11.3 Å². The second-order valence-corrected chi connectivity index (χ2v) is 5.68. The van der Waals surface area contributed by atoms with Gasteiger partial charge in [0.2, 0.25) is 0 Å². The second-order valence-electron chi connectivity index (χ2n) is 5.68. The van der Waals surface area contributed by atoms with Crippen LogP contribution in [0.4, 0.5) is 13.2 Å². The highest BCUT2D eigenvalue weighted by molar-refractivity contribution is 5.74. The van der Waals surface area contributed by atoms with Crippen molar-refractivity contribution in [3.63, 3.8) is 0 Å². The van der Waals surface area contributed by atoms with Gasteiger partial charge in [0.25, 0.3) is 0 Å². The fraction of sp³-hybridized carbons (Fsp3) is 0.917. The molecular weight excluding hydrogens is 263 g/mol. The van der Waals surface area contributed by atoms with Crippen LogP contribution in [0.15, 0.2) is 0 Å². The van der Waals surface area contributed by atoms with Gasteiger partial charge in [0.1, 0.15) is 0 Å². The van der Waals surface area contributed by atoms with Gasteiger partial charge in [-0.3, -0.25) is 4.79 Å². The molecule has 1 aliphatic heterocycles. The normalized spacial score (nSPS) is 24.2. The third-order valence-electron chi connectivity index (χ3n) is 3.89. The number of carbonyl (C=O) groups is 1. The summed E-state index contributed by atoms with van der Waals surface area (Å²) < 4.78 is 36.9. The number of aliphatic carboxylic acids is 1. The van der Waals surface area contributed by atoms with Crippen LogP contribution in [-0.2, 0) is 4.79 Å². The van der Waals surface area contributed by atoms with E-state index < -0.39 is 30.2 Å². The summed E-state index contributed by atoms with van der Waals surface area (Å²) in [6.45, 7) is 3.41. The van der Waals surface area contributed by atoms with Gasteiger partial charge in [0.15, 0.2) is 6.10 Å². The van der Waals surface area contributed by atoms with E-state index in [9.17, 15) is 18.0 Å². The Labute approximate surface area is 110 Å². The van der Waals surface area contributed by atoms with Crippen molar-refractivity contribution in [1.82, 2.24) is 4.90 Å². The first-order valence-corrected chi connectivity index (χ1v) is 6.25.